The van der Waals surface area contributed by atoms with Gasteiger partial charge >= 0.3 is 6.61 Å². The van der Waals surface area contributed by atoms with Crippen LogP contribution >= 0.6 is 0 Å². The summed E-state index contributed by atoms with van der Waals surface area (Å²) in [5, 5.41) is 0. The topological polar surface area (TPSA) is 89.6 Å². The maximum atomic E-state index is 12.8. The smallest absolute Gasteiger partial charge is 0.387 e. The first-order chi connectivity index (χ1) is 15.0. The summed E-state index contributed by atoms with van der Waals surface area (Å²) in [6.07, 6.45) is 5.21. The SMILES string of the molecule is C[C@H]1CN(c2cc(-c3cnc(N)c(OC(F)F)c3)nc(N3CC4CCC3C4)n2)CCO1. The summed E-state index contributed by atoms with van der Waals surface area (Å²) in [5.74, 6) is 1.92. The second-order valence-electron chi connectivity index (χ2n) is 8.51. The van der Waals surface area contributed by atoms with E-state index in [0.717, 1.165) is 31.9 Å². The number of pyridine rings is 1. The highest BCUT2D eigenvalue weighted by Crippen LogP contribution is 2.40. The highest BCUT2D eigenvalue weighted by atomic mass is 19.3. The molecule has 2 saturated heterocycles. The molecule has 5 rings (SSSR count). The van der Waals surface area contributed by atoms with Crippen molar-refractivity contribution in [1.29, 1.82) is 0 Å². The molecule has 0 amide bonds. The molecule has 2 aromatic rings. The molecule has 3 fully saturated rings. The van der Waals surface area contributed by atoms with Gasteiger partial charge in [-0.1, -0.05) is 0 Å². The van der Waals surface area contributed by atoms with Crippen molar-refractivity contribution >= 4 is 17.6 Å². The van der Waals surface area contributed by atoms with Gasteiger partial charge in [0, 0.05) is 43.5 Å². The van der Waals surface area contributed by atoms with E-state index in [1.807, 2.05) is 13.0 Å². The number of hydrogen-bond donors (Lipinski definition) is 1. The van der Waals surface area contributed by atoms with Crippen molar-refractivity contribution in [2.75, 3.05) is 41.8 Å². The minimum absolute atomic E-state index is 0.0857. The predicted octanol–water partition coefficient (Wildman–Crippen LogP) is 2.94. The molecular weight excluding hydrogens is 406 g/mol. The van der Waals surface area contributed by atoms with Crippen LogP contribution in [0.25, 0.3) is 11.3 Å². The molecule has 31 heavy (non-hydrogen) atoms. The van der Waals surface area contributed by atoms with E-state index in [2.05, 4.69) is 19.5 Å². The van der Waals surface area contributed by atoms with Gasteiger partial charge in [-0.15, -0.1) is 0 Å². The van der Waals surface area contributed by atoms with Crippen LogP contribution in [-0.2, 0) is 4.74 Å². The Bertz CT molecular complexity index is 961. The molecule has 10 heteroatoms. The Balaban J connectivity index is 1.54. The number of morpholine rings is 1. The summed E-state index contributed by atoms with van der Waals surface area (Å²) in [6.45, 7) is 2.08. The second kappa shape index (κ2) is 8.07. The molecule has 0 spiro atoms. The van der Waals surface area contributed by atoms with E-state index >= 15 is 0 Å². The lowest BCUT2D eigenvalue weighted by Crippen LogP contribution is -2.42. The van der Waals surface area contributed by atoms with Gasteiger partial charge in [-0.2, -0.15) is 13.8 Å². The average Bonchev–Trinajstić information content (AvgIpc) is 3.38. The predicted molar refractivity (Wildman–Crippen MR) is 112 cm³/mol. The Morgan fingerprint density at radius 3 is 2.81 bits per heavy atom. The highest BCUT2D eigenvalue weighted by molar-refractivity contribution is 5.68. The monoisotopic (exact) mass is 432 g/mol. The standard InChI is InChI=1S/C21H26F2N6O2/c1-12-10-28(4-5-30-12)18-8-16(14-7-17(31-20(22)23)19(24)25-9-14)26-21(27-18)29-11-13-2-3-15(29)6-13/h7-9,12-13,15,20H,2-6,10-11H2,1H3,(H2,24,25)/t12-,13?,15?/m0/s1. The lowest BCUT2D eigenvalue weighted by Gasteiger charge is -2.33. The van der Waals surface area contributed by atoms with E-state index in [0.29, 0.717) is 35.8 Å². The fraction of sp³-hybridized carbons (Fsp3) is 0.571. The van der Waals surface area contributed by atoms with Crippen LogP contribution in [0.4, 0.5) is 26.4 Å². The summed E-state index contributed by atoms with van der Waals surface area (Å²) >= 11 is 0. The number of rotatable bonds is 5. The maximum absolute atomic E-state index is 12.8. The first-order valence-electron chi connectivity index (χ1n) is 10.7. The maximum Gasteiger partial charge on any atom is 0.387 e. The van der Waals surface area contributed by atoms with Crippen molar-refractivity contribution in [3.63, 3.8) is 0 Å². The van der Waals surface area contributed by atoms with Crippen LogP contribution in [-0.4, -0.2) is 60.0 Å². The molecule has 4 heterocycles. The van der Waals surface area contributed by atoms with Gasteiger partial charge < -0.3 is 25.0 Å². The van der Waals surface area contributed by atoms with Gasteiger partial charge in [0.25, 0.3) is 0 Å². The van der Waals surface area contributed by atoms with Gasteiger partial charge in [0.2, 0.25) is 5.95 Å². The van der Waals surface area contributed by atoms with Crippen LogP contribution in [0.2, 0.25) is 0 Å². The number of piperidine rings is 1. The Kier molecular flexibility index (Phi) is 5.25. The quantitative estimate of drug-likeness (QED) is 0.772. The highest BCUT2D eigenvalue weighted by Gasteiger charge is 2.39. The van der Waals surface area contributed by atoms with Crippen LogP contribution < -0.4 is 20.3 Å². The fourth-order valence-electron chi connectivity index (χ4n) is 4.84. The minimum atomic E-state index is -2.98. The lowest BCUT2D eigenvalue weighted by molar-refractivity contribution is -0.0494. The number of aromatic nitrogens is 3. The minimum Gasteiger partial charge on any atom is -0.431 e. The summed E-state index contributed by atoms with van der Waals surface area (Å²) in [5.41, 5.74) is 6.88. The molecule has 2 unspecified atom stereocenters. The molecule has 0 radical (unpaired) electrons. The van der Waals surface area contributed by atoms with E-state index in [4.69, 9.17) is 20.4 Å². The number of hydrogen-bond acceptors (Lipinski definition) is 8. The molecule has 166 valence electrons. The van der Waals surface area contributed by atoms with Gasteiger partial charge in [0.15, 0.2) is 11.6 Å². The van der Waals surface area contributed by atoms with Crippen LogP contribution in [0.15, 0.2) is 18.3 Å². The van der Waals surface area contributed by atoms with Gasteiger partial charge in [-0.05, 0) is 38.2 Å². The molecule has 0 aromatic carbocycles. The molecule has 3 aliphatic rings. The van der Waals surface area contributed by atoms with Gasteiger partial charge in [-0.25, -0.2) is 9.97 Å². The zero-order chi connectivity index (χ0) is 21.5. The summed E-state index contributed by atoms with van der Waals surface area (Å²) in [4.78, 5) is 18.2. The summed E-state index contributed by atoms with van der Waals surface area (Å²) in [6, 6.07) is 3.79. The Labute approximate surface area is 179 Å². The third kappa shape index (κ3) is 4.08. The van der Waals surface area contributed by atoms with Crippen LogP contribution in [0.5, 0.6) is 5.75 Å². The van der Waals surface area contributed by atoms with Crippen molar-refractivity contribution in [2.24, 2.45) is 5.92 Å². The van der Waals surface area contributed by atoms with E-state index in [1.54, 1.807) is 0 Å². The molecule has 2 bridgehead atoms. The molecular formula is C21H26F2N6O2. The van der Waals surface area contributed by atoms with E-state index in [-0.39, 0.29) is 17.7 Å². The zero-order valence-electron chi connectivity index (χ0n) is 17.4. The molecule has 2 aliphatic heterocycles. The first kappa shape index (κ1) is 20.2. The van der Waals surface area contributed by atoms with Gasteiger partial charge in [0.05, 0.1) is 18.4 Å². The normalized spacial score (nSPS) is 25.5. The van der Waals surface area contributed by atoms with E-state index in [1.165, 1.54) is 25.1 Å². The van der Waals surface area contributed by atoms with E-state index < -0.39 is 6.61 Å². The molecule has 1 saturated carbocycles. The third-order valence-electron chi connectivity index (χ3n) is 6.33. The number of ether oxygens (including phenoxy) is 2. The number of nitrogen functional groups attached to an aromatic ring is 1. The van der Waals surface area contributed by atoms with Crippen molar-refractivity contribution in [3.8, 4) is 17.0 Å². The molecule has 2 aromatic heterocycles. The van der Waals surface area contributed by atoms with Crippen molar-refractivity contribution in [1.82, 2.24) is 15.0 Å². The number of anilines is 3. The van der Waals surface area contributed by atoms with Crippen molar-refractivity contribution < 1.29 is 18.3 Å². The van der Waals surface area contributed by atoms with Crippen LogP contribution in [0, 0.1) is 5.92 Å². The largest absolute Gasteiger partial charge is 0.431 e. The van der Waals surface area contributed by atoms with Crippen LogP contribution in [0.3, 0.4) is 0 Å². The summed E-state index contributed by atoms with van der Waals surface area (Å²) in [7, 11) is 0. The second-order valence-corrected chi connectivity index (χ2v) is 8.51. The molecule has 3 atom stereocenters. The van der Waals surface area contributed by atoms with Gasteiger partial charge in [-0.3, -0.25) is 0 Å². The average molecular weight is 432 g/mol. The Hall–Kier alpha value is -2.75. The molecule has 2 N–H and O–H groups in total. The third-order valence-corrected chi connectivity index (χ3v) is 6.33. The number of halogens is 2. The summed E-state index contributed by atoms with van der Waals surface area (Å²) < 4.78 is 35.8. The number of nitrogens with two attached hydrogens (primary N) is 1. The fourth-order valence-corrected chi connectivity index (χ4v) is 4.84. The van der Waals surface area contributed by atoms with Crippen LogP contribution in [0.1, 0.15) is 26.2 Å². The number of nitrogens with zero attached hydrogens (tertiary/aromatic N) is 5. The molecule has 1 aliphatic carbocycles. The number of fused-ring (bicyclic) bond motifs is 2. The Morgan fingerprint density at radius 2 is 2.10 bits per heavy atom. The van der Waals surface area contributed by atoms with Crippen molar-refractivity contribution in [2.45, 2.75) is 44.9 Å². The van der Waals surface area contributed by atoms with Gasteiger partial charge in [0.1, 0.15) is 5.82 Å². The van der Waals surface area contributed by atoms with E-state index in [9.17, 15) is 8.78 Å². The van der Waals surface area contributed by atoms with Crippen molar-refractivity contribution in [3.05, 3.63) is 18.3 Å². The lowest BCUT2D eigenvalue weighted by atomic mass is 10.1. The molecule has 8 nitrogen and oxygen atoms in total. The number of alkyl halides is 2. The zero-order valence-corrected chi connectivity index (χ0v) is 17.4. The Morgan fingerprint density at radius 1 is 1.23 bits per heavy atom. The first-order valence-corrected chi connectivity index (χ1v) is 10.7.